The van der Waals surface area contributed by atoms with Crippen LogP contribution in [0.3, 0.4) is 0 Å². The number of nitrogens with zero attached hydrogens (tertiary/aromatic N) is 4. The van der Waals surface area contributed by atoms with Gasteiger partial charge in [0.2, 0.25) is 4.96 Å². The molecule has 0 bridgehead atoms. The van der Waals surface area contributed by atoms with Crippen LogP contribution in [0.4, 0.5) is 0 Å². The molecule has 0 unspecified atom stereocenters. The molecule has 0 spiro atoms. The monoisotopic (exact) mass is 372 g/mol. The molecule has 0 fully saturated rings. The summed E-state index contributed by atoms with van der Waals surface area (Å²) in [4.78, 5) is 0.789. The van der Waals surface area contributed by atoms with Crippen molar-refractivity contribution in [1.29, 1.82) is 0 Å². The first-order valence-electron chi connectivity index (χ1n) is 5.24. The Morgan fingerprint density at radius 3 is 2.94 bits per heavy atom. The van der Waals surface area contributed by atoms with Crippen LogP contribution >= 0.6 is 33.9 Å². The summed E-state index contributed by atoms with van der Waals surface area (Å²) in [5.74, 6) is 0.723. The predicted molar refractivity (Wildman–Crippen MR) is 77.5 cm³/mol. The molecule has 0 amide bonds. The molecular formula is C11H9IN4OS. The zero-order chi connectivity index (χ0) is 12.5. The van der Waals surface area contributed by atoms with Gasteiger partial charge < -0.3 is 4.74 Å². The second kappa shape index (κ2) is 4.90. The van der Waals surface area contributed by atoms with Crippen molar-refractivity contribution in [3.8, 4) is 10.6 Å². The molecule has 0 aliphatic carbocycles. The van der Waals surface area contributed by atoms with Gasteiger partial charge in [0, 0.05) is 16.2 Å². The minimum Gasteiger partial charge on any atom is -0.377 e. The first-order valence-corrected chi connectivity index (χ1v) is 7.14. The normalized spacial score (nSPS) is 11.2. The van der Waals surface area contributed by atoms with Crippen molar-refractivity contribution in [1.82, 2.24) is 19.8 Å². The van der Waals surface area contributed by atoms with Gasteiger partial charge in [0.15, 0.2) is 5.82 Å². The molecule has 0 atom stereocenters. The van der Waals surface area contributed by atoms with Gasteiger partial charge in [0.05, 0.1) is 0 Å². The van der Waals surface area contributed by atoms with Crippen LogP contribution in [-0.4, -0.2) is 26.9 Å². The summed E-state index contributed by atoms with van der Waals surface area (Å²) in [6.45, 7) is 0.413. The second-order valence-corrected chi connectivity index (χ2v) is 5.75. The maximum atomic E-state index is 5.07. The Morgan fingerprint density at radius 2 is 2.17 bits per heavy atom. The third kappa shape index (κ3) is 2.02. The Morgan fingerprint density at radius 1 is 1.33 bits per heavy atom. The van der Waals surface area contributed by atoms with Gasteiger partial charge in [-0.3, -0.25) is 0 Å². The molecule has 1 aromatic carbocycles. The van der Waals surface area contributed by atoms with Gasteiger partial charge in [-0.25, -0.2) is 0 Å². The van der Waals surface area contributed by atoms with E-state index in [1.165, 1.54) is 14.9 Å². The Bertz CT molecular complexity index is 693. The van der Waals surface area contributed by atoms with Crippen LogP contribution in [0.5, 0.6) is 0 Å². The van der Waals surface area contributed by atoms with E-state index in [4.69, 9.17) is 4.74 Å². The number of hydrogen-bond donors (Lipinski definition) is 0. The molecule has 3 rings (SSSR count). The lowest BCUT2D eigenvalue weighted by molar-refractivity contribution is 0.176. The van der Waals surface area contributed by atoms with Crippen LogP contribution in [0.25, 0.3) is 15.5 Å². The van der Waals surface area contributed by atoms with E-state index in [-0.39, 0.29) is 0 Å². The summed E-state index contributed by atoms with van der Waals surface area (Å²) in [6, 6.07) is 8.15. The summed E-state index contributed by atoms with van der Waals surface area (Å²) >= 11 is 3.84. The fourth-order valence-electron chi connectivity index (χ4n) is 1.62. The van der Waals surface area contributed by atoms with E-state index >= 15 is 0 Å². The van der Waals surface area contributed by atoms with Gasteiger partial charge in [0.25, 0.3) is 0 Å². The highest BCUT2D eigenvalue weighted by molar-refractivity contribution is 14.1. The molecule has 0 saturated carbocycles. The summed E-state index contributed by atoms with van der Waals surface area (Å²) in [7, 11) is 1.63. The highest BCUT2D eigenvalue weighted by Gasteiger charge is 2.13. The molecular weight excluding hydrogens is 363 g/mol. The maximum Gasteiger partial charge on any atom is 0.235 e. The molecule has 0 radical (unpaired) electrons. The van der Waals surface area contributed by atoms with E-state index in [0.29, 0.717) is 6.61 Å². The van der Waals surface area contributed by atoms with Gasteiger partial charge in [-0.15, -0.1) is 10.2 Å². The zero-order valence-corrected chi connectivity index (χ0v) is 12.5. The van der Waals surface area contributed by atoms with Crippen LogP contribution < -0.4 is 0 Å². The largest absolute Gasteiger partial charge is 0.377 e. The second-order valence-electron chi connectivity index (χ2n) is 3.63. The van der Waals surface area contributed by atoms with E-state index in [2.05, 4.69) is 50.0 Å². The van der Waals surface area contributed by atoms with Crippen LogP contribution in [0, 0.1) is 3.57 Å². The van der Waals surface area contributed by atoms with Crippen LogP contribution in [0.2, 0.25) is 0 Å². The molecule has 92 valence electrons. The fourth-order valence-corrected chi connectivity index (χ4v) is 3.34. The number of rotatable bonds is 3. The Labute approximate surface area is 121 Å². The van der Waals surface area contributed by atoms with Gasteiger partial charge in [-0.2, -0.15) is 9.61 Å². The van der Waals surface area contributed by atoms with Crippen molar-refractivity contribution in [2.45, 2.75) is 6.61 Å². The van der Waals surface area contributed by atoms with Crippen molar-refractivity contribution in [2.75, 3.05) is 7.11 Å². The third-order valence-corrected chi connectivity index (χ3v) is 4.31. The number of hydrogen-bond acceptors (Lipinski definition) is 5. The number of aromatic nitrogens is 4. The number of benzene rings is 1. The first-order chi connectivity index (χ1) is 8.79. The number of ether oxygens (including phenoxy) is 1. The number of fused-ring (bicyclic) bond motifs is 1. The molecule has 2 aromatic heterocycles. The lowest BCUT2D eigenvalue weighted by Crippen LogP contribution is -1.97. The highest BCUT2D eigenvalue weighted by atomic mass is 127. The van der Waals surface area contributed by atoms with Gasteiger partial charge in [-0.1, -0.05) is 29.5 Å². The molecule has 2 heterocycles. The highest BCUT2D eigenvalue weighted by Crippen LogP contribution is 2.29. The van der Waals surface area contributed by atoms with E-state index < -0.39 is 0 Å². The van der Waals surface area contributed by atoms with Crippen molar-refractivity contribution in [2.24, 2.45) is 0 Å². The molecule has 0 saturated heterocycles. The predicted octanol–water partition coefficient (Wildman–Crippen LogP) is 2.60. The fraction of sp³-hybridized carbons (Fsp3) is 0.182. The summed E-state index contributed by atoms with van der Waals surface area (Å²) in [5, 5.41) is 13.6. The molecule has 18 heavy (non-hydrogen) atoms. The Hall–Kier alpha value is -1.06. The minimum absolute atomic E-state index is 0.413. The number of methoxy groups -OCH3 is 1. The third-order valence-electron chi connectivity index (χ3n) is 2.43. The summed E-state index contributed by atoms with van der Waals surface area (Å²) < 4.78 is 7.99. The quantitative estimate of drug-likeness (QED) is 0.664. The molecule has 3 aromatic rings. The van der Waals surface area contributed by atoms with Crippen molar-refractivity contribution in [3.05, 3.63) is 33.7 Å². The van der Waals surface area contributed by atoms with Gasteiger partial charge in [0.1, 0.15) is 11.6 Å². The average molecular weight is 372 g/mol. The summed E-state index contributed by atoms with van der Waals surface area (Å²) in [5.41, 5.74) is 1.12. The van der Waals surface area contributed by atoms with E-state index in [9.17, 15) is 0 Å². The molecule has 0 N–H and O–H groups in total. The standard InChI is InChI=1S/C11H9IN4OS/c1-17-6-9-13-14-11-16(9)15-10(18-11)7-4-2-3-5-8(7)12/h2-5H,6H2,1H3. The van der Waals surface area contributed by atoms with Crippen LogP contribution in [-0.2, 0) is 11.3 Å². The van der Waals surface area contributed by atoms with E-state index in [1.54, 1.807) is 11.6 Å². The SMILES string of the molecule is COCc1nnc2sc(-c3ccccc3I)nn12. The molecule has 0 aliphatic heterocycles. The number of halogens is 1. The van der Waals surface area contributed by atoms with Gasteiger partial charge >= 0.3 is 0 Å². The minimum atomic E-state index is 0.413. The van der Waals surface area contributed by atoms with Crippen molar-refractivity contribution in [3.63, 3.8) is 0 Å². The molecule has 7 heteroatoms. The summed E-state index contributed by atoms with van der Waals surface area (Å²) in [6.07, 6.45) is 0. The van der Waals surface area contributed by atoms with Gasteiger partial charge in [-0.05, 0) is 28.7 Å². The molecule has 0 aliphatic rings. The van der Waals surface area contributed by atoms with Crippen LogP contribution in [0.1, 0.15) is 5.82 Å². The van der Waals surface area contributed by atoms with Crippen molar-refractivity contribution >= 4 is 38.9 Å². The lowest BCUT2D eigenvalue weighted by Gasteiger charge is -1.98. The smallest absolute Gasteiger partial charge is 0.235 e. The van der Waals surface area contributed by atoms with Crippen LogP contribution in [0.15, 0.2) is 24.3 Å². The average Bonchev–Trinajstić information content (AvgIpc) is 2.92. The Balaban J connectivity index is 2.11. The molecule has 5 nitrogen and oxygen atoms in total. The zero-order valence-electron chi connectivity index (χ0n) is 9.50. The van der Waals surface area contributed by atoms with Crippen molar-refractivity contribution < 1.29 is 4.74 Å². The van der Waals surface area contributed by atoms with E-state index in [1.807, 2.05) is 12.1 Å². The lowest BCUT2D eigenvalue weighted by atomic mass is 10.2. The van der Waals surface area contributed by atoms with E-state index in [0.717, 1.165) is 21.4 Å². The Kier molecular flexibility index (Phi) is 3.27. The topological polar surface area (TPSA) is 52.3 Å². The first kappa shape index (κ1) is 12.0. The maximum absolute atomic E-state index is 5.07.